The molecule has 106 valence electrons. The van der Waals surface area contributed by atoms with Gasteiger partial charge in [-0.2, -0.15) is 0 Å². The van der Waals surface area contributed by atoms with Crippen molar-refractivity contribution in [1.82, 2.24) is 0 Å². The highest BCUT2D eigenvalue weighted by Gasteiger charge is 2.13. The third-order valence-corrected chi connectivity index (χ3v) is 2.23. The monoisotopic (exact) mass is 270 g/mol. The second kappa shape index (κ2) is 7.50. The standard InChI is InChI=1S/C8H6O4.C5H12O2/c9-7(10)5-1-2-6(4-3-5)8(11)12;1-5(2,3-6)4-7/h1-4H,(H,9,10)(H,11,12);6-7H,3-4H2,1-2H3. The topological polar surface area (TPSA) is 115 Å². The number of aliphatic hydroxyl groups excluding tert-OH is 2. The summed E-state index contributed by atoms with van der Waals surface area (Å²) in [5, 5.41) is 33.8. The summed E-state index contributed by atoms with van der Waals surface area (Å²) in [5.41, 5.74) is -0.139. The van der Waals surface area contributed by atoms with Gasteiger partial charge in [0.2, 0.25) is 0 Å². The molecule has 0 radical (unpaired) electrons. The fourth-order valence-electron chi connectivity index (χ4n) is 0.805. The zero-order valence-corrected chi connectivity index (χ0v) is 10.8. The van der Waals surface area contributed by atoms with Gasteiger partial charge in [-0.05, 0) is 24.3 Å². The lowest BCUT2D eigenvalue weighted by Gasteiger charge is -2.16. The van der Waals surface area contributed by atoms with E-state index in [1.807, 2.05) is 0 Å². The Hall–Kier alpha value is -1.92. The Balaban J connectivity index is 0.000000399. The van der Waals surface area contributed by atoms with Gasteiger partial charge in [-0.25, -0.2) is 9.59 Å². The van der Waals surface area contributed by atoms with Crippen LogP contribution in [0.1, 0.15) is 34.6 Å². The highest BCUT2D eigenvalue weighted by molar-refractivity contribution is 5.91. The molecule has 4 N–H and O–H groups in total. The Bertz CT molecular complexity index is 382. The van der Waals surface area contributed by atoms with Crippen LogP contribution in [0.2, 0.25) is 0 Å². The summed E-state index contributed by atoms with van der Waals surface area (Å²) in [4.78, 5) is 20.7. The zero-order chi connectivity index (χ0) is 15.1. The quantitative estimate of drug-likeness (QED) is 0.650. The second-order valence-electron chi connectivity index (χ2n) is 4.67. The number of rotatable bonds is 4. The number of carboxylic acid groups (broad SMARTS) is 2. The molecule has 0 amide bonds. The van der Waals surface area contributed by atoms with Crippen molar-refractivity contribution in [2.24, 2.45) is 5.41 Å². The molecule has 0 fully saturated rings. The van der Waals surface area contributed by atoms with E-state index >= 15 is 0 Å². The van der Waals surface area contributed by atoms with Crippen molar-refractivity contribution in [3.05, 3.63) is 35.4 Å². The van der Waals surface area contributed by atoms with E-state index in [1.54, 1.807) is 13.8 Å². The van der Waals surface area contributed by atoms with Crippen molar-refractivity contribution in [2.75, 3.05) is 13.2 Å². The molecule has 0 saturated carbocycles. The van der Waals surface area contributed by atoms with Gasteiger partial charge in [0.15, 0.2) is 0 Å². The number of hydrogen-bond acceptors (Lipinski definition) is 4. The molecule has 0 atom stereocenters. The van der Waals surface area contributed by atoms with Crippen LogP contribution in [0.3, 0.4) is 0 Å². The molecule has 19 heavy (non-hydrogen) atoms. The summed E-state index contributed by atoms with van der Waals surface area (Å²) in [7, 11) is 0. The van der Waals surface area contributed by atoms with E-state index in [4.69, 9.17) is 20.4 Å². The van der Waals surface area contributed by atoms with E-state index in [-0.39, 0.29) is 29.8 Å². The lowest BCUT2D eigenvalue weighted by molar-refractivity contribution is 0.0681. The molecule has 6 nitrogen and oxygen atoms in total. The maximum atomic E-state index is 10.3. The van der Waals surface area contributed by atoms with Gasteiger partial charge in [0.25, 0.3) is 0 Å². The lowest BCUT2D eigenvalue weighted by Crippen LogP contribution is -2.20. The van der Waals surface area contributed by atoms with Crippen LogP contribution in [0.15, 0.2) is 24.3 Å². The minimum atomic E-state index is -1.06. The molecule has 0 unspecified atom stereocenters. The Morgan fingerprint density at radius 3 is 1.26 bits per heavy atom. The molecule has 1 rings (SSSR count). The molecule has 6 heteroatoms. The zero-order valence-electron chi connectivity index (χ0n) is 10.8. The summed E-state index contributed by atoms with van der Waals surface area (Å²) in [6.07, 6.45) is 0. The summed E-state index contributed by atoms with van der Waals surface area (Å²) < 4.78 is 0. The first-order valence-corrected chi connectivity index (χ1v) is 5.52. The van der Waals surface area contributed by atoms with Gasteiger partial charge in [0, 0.05) is 5.41 Å². The molecule has 0 aliphatic heterocycles. The summed E-state index contributed by atoms with van der Waals surface area (Å²) in [6.45, 7) is 3.69. The van der Waals surface area contributed by atoms with Crippen molar-refractivity contribution in [2.45, 2.75) is 13.8 Å². The fraction of sp³-hybridized carbons (Fsp3) is 0.385. The van der Waals surface area contributed by atoms with E-state index in [2.05, 4.69) is 0 Å². The van der Waals surface area contributed by atoms with Crippen LogP contribution in [0.25, 0.3) is 0 Å². The number of carboxylic acids is 2. The smallest absolute Gasteiger partial charge is 0.335 e. The van der Waals surface area contributed by atoms with Crippen LogP contribution in [-0.4, -0.2) is 45.6 Å². The van der Waals surface area contributed by atoms with Crippen LogP contribution in [0, 0.1) is 5.41 Å². The van der Waals surface area contributed by atoms with Crippen LogP contribution >= 0.6 is 0 Å². The van der Waals surface area contributed by atoms with Crippen molar-refractivity contribution in [3.63, 3.8) is 0 Å². The van der Waals surface area contributed by atoms with Crippen molar-refractivity contribution < 1.29 is 30.0 Å². The molecule has 1 aromatic rings. The Morgan fingerprint density at radius 2 is 1.16 bits per heavy atom. The number of hydrogen-bond donors (Lipinski definition) is 4. The van der Waals surface area contributed by atoms with E-state index in [0.29, 0.717) is 0 Å². The number of aliphatic hydroxyl groups is 2. The molecule has 0 aliphatic carbocycles. The number of benzene rings is 1. The Labute approximate surface area is 110 Å². The van der Waals surface area contributed by atoms with Gasteiger partial charge in [-0.3, -0.25) is 0 Å². The average molecular weight is 270 g/mol. The van der Waals surface area contributed by atoms with Crippen LogP contribution in [-0.2, 0) is 0 Å². The predicted molar refractivity (Wildman–Crippen MR) is 68.3 cm³/mol. The minimum absolute atomic E-state index is 0.0451. The molecule has 0 bridgehead atoms. The van der Waals surface area contributed by atoms with Crippen molar-refractivity contribution >= 4 is 11.9 Å². The molecule has 0 saturated heterocycles. The second-order valence-corrected chi connectivity index (χ2v) is 4.67. The molecular formula is C13H18O6. The largest absolute Gasteiger partial charge is 0.478 e. The first-order chi connectivity index (χ1) is 8.73. The van der Waals surface area contributed by atoms with E-state index in [0.717, 1.165) is 0 Å². The fourth-order valence-corrected chi connectivity index (χ4v) is 0.805. The lowest BCUT2D eigenvalue weighted by atomic mass is 9.97. The molecule has 0 spiro atoms. The highest BCUT2D eigenvalue weighted by Crippen LogP contribution is 2.10. The molecule has 0 aliphatic rings. The van der Waals surface area contributed by atoms with Gasteiger partial charge in [-0.1, -0.05) is 13.8 Å². The summed E-state index contributed by atoms with van der Waals surface area (Å²) in [6, 6.07) is 5.02. The number of aromatic carboxylic acids is 2. The van der Waals surface area contributed by atoms with Crippen molar-refractivity contribution in [3.8, 4) is 0 Å². The summed E-state index contributed by atoms with van der Waals surface area (Å²) >= 11 is 0. The predicted octanol–water partition coefficient (Wildman–Crippen LogP) is 1.08. The SMILES string of the molecule is CC(C)(CO)CO.O=C(O)c1ccc(C(=O)O)cc1. The minimum Gasteiger partial charge on any atom is -0.478 e. The highest BCUT2D eigenvalue weighted by atomic mass is 16.4. The van der Waals surface area contributed by atoms with Gasteiger partial charge >= 0.3 is 11.9 Å². The molecular weight excluding hydrogens is 252 g/mol. The summed E-state index contributed by atoms with van der Waals surface area (Å²) in [5.74, 6) is -2.13. The molecule has 0 heterocycles. The third kappa shape index (κ3) is 6.54. The normalized spacial score (nSPS) is 10.3. The van der Waals surface area contributed by atoms with Gasteiger partial charge < -0.3 is 20.4 Å². The van der Waals surface area contributed by atoms with Gasteiger partial charge in [0.1, 0.15) is 0 Å². The van der Waals surface area contributed by atoms with E-state index in [1.165, 1.54) is 24.3 Å². The number of carbonyl (C=O) groups is 2. The Kier molecular flexibility index (Phi) is 6.74. The van der Waals surface area contributed by atoms with Gasteiger partial charge in [-0.15, -0.1) is 0 Å². The Morgan fingerprint density at radius 1 is 0.895 bits per heavy atom. The first kappa shape index (κ1) is 17.1. The maximum absolute atomic E-state index is 10.3. The average Bonchev–Trinajstić information content (AvgIpc) is 2.39. The van der Waals surface area contributed by atoms with Crippen LogP contribution < -0.4 is 0 Å². The van der Waals surface area contributed by atoms with E-state index < -0.39 is 11.9 Å². The first-order valence-electron chi connectivity index (χ1n) is 5.52. The molecule has 0 aromatic heterocycles. The van der Waals surface area contributed by atoms with Crippen molar-refractivity contribution in [1.29, 1.82) is 0 Å². The van der Waals surface area contributed by atoms with E-state index in [9.17, 15) is 9.59 Å². The molecule has 1 aromatic carbocycles. The van der Waals surface area contributed by atoms with Crippen LogP contribution in [0.4, 0.5) is 0 Å². The maximum Gasteiger partial charge on any atom is 0.335 e. The van der Waals surface area contributed by atoms with Gasteiger partial charge in [0.05, 0.1) is 24.3 Å². The third-order valence-electron chi connectivity index (χ3n) is 2.23. The van der Waals surface area contributed by atoms with Crippen LogP contribution in [0.5, 0.6) is 0 Å².